The van der Waals surface area contributed by atoms with Gasteiger partial charge < -0.3 is 20.3 Å². The number of rotatable bonds is 5. The molecule has 184 valence electrons. The Hall–Kier alpha value is -3.82. The lowest BCUT2D eigenvalue weighted by Crippen LogP contribution is -2.29. The van der Waals surface area contributed by atoms with Crippen LogP contribution in [-0.4, -0.2) is 49.1 Å². The van der Waals surface area contributed by atoms with Crippen molar-refractivity contribution in [2.45, 2.75) is 37.7 Å². The minimum absolute atomic E-state index is 0.0817. The molecule has 1 unspecified atom stereocenters. The van der Waals surface area contributed by atoms with Gasteiger partial charge in [-0.25, -0.2) is 4.98 Å². The average molecular weight is 486 g/mol. The van der Waals surface area contributed by atoms with Crippen LogP contribution in [0.5, 0.6) is 0 Å². The predicted molar refractivity (Wildman–Crippen MR) is 133 cm³/mol. The first-order chi connectivity index (χ1) is 17.6. The van der Waals surface area contributed by atoms with Crippen LogP contribution in [0.15, 0.2) is 54.9 Å². The number of carbonyl (C=O) groups is 1. The number of benzene rings is 1. The maximum atomic E-state index is 11.5. The van der Waals surface area contributed by atoms with Crippen molar-refractivity contribution in [3.63, 3.8) is 0 Å². The highest BCUT2D eigenvalue weighted by molar-refractivity contribution is 5.79. The standard InChI is InChI=1S/C27H27N5O4/c33-14-22-23-24(17-6-8-18(9-7-17)27(34)35)31-25-20(13-30-32(25)26(23)29-15-36-22)19-10-11-21(28-12-19)16-4-2-1-3-5-16/h1-5,10-13,17-18,22,29,33H,6-9,14-15H2,(H,34,35)/t17-,18-,22?. The molecule has 0 spiro atoms. The van der Waals surface area contributed by atoms with Crippen LogP contribution in [0.25, 0.3) is 28.0 Å². The molecule has 36 heavy (non-hydrogen) atoms. The van der Waals surface area contributed by atoms with Crippen LogP contribution in [0.2, 0.25) is 0 Å². The number of nitrogens with zero attached hydrogens (tertiary/aromatic N) is 4. The molecule has 3 aromatic heterocycles. The molecule has 0 bridgehead atoms. The van der Waals surface area contributed by atoms with E-state index < -0.39 is 12.1 Å². The quantitative estimate of drug-likeness (QED) is 0.384. The SMILES string of the molecule is O=C(O)[C@H]1CC[C@H](c2nc3c(-c4ccc(-c5ccccc5)nc4)cnn3c3c2C(CO)OCN3)CC1. The summed E-state index contributed by atoms with van der Waals surface area (Å²) in [4.78, 5) is 21.3. The summed E-state index contributed by atoms with van der Waals surface area (Å²) in [6, 6.07) is 14.0. The zero-order valence-electron chi connectivity index (χ0n) is 19.7. The minimum atomic E-state index is -0.735. The van der Waals surface area contributed by atoms with E-state index >= 15 is 0 Å². The third-order valence-electron chi connectivity index (χ3n) is 7.33. The molecule has 6 rings (SSSR count). The highest BCUT2D eigenvalue weighted by Gasteiger charge is 2.34. The first-order valence-electron chi connectivity index (χ1n) is 12.3. The predicted octanol–water partition coefficient (Wildman–Crippen LogP) is 4.25. The van der Waals surface area contributed by atoms with Gasteiger partial charge in [0, 0.05) is 34.4 Å². The molecule has 1 saturated carbocycles. The van der Waals surface area contributed by atoms with E-state index in [9.17, 15) is 15.0 Å². The summed E-state index contributed by atoms with van der Waals surface area (Å²) in [6.45, 7) is 0.0867. The summed E-state index contributed by atoms with van der Waals surface area (Å²) < 4.78 is 7.56. The van der Waals surface area contributed by atoms with Crippen molar-refractivity contribution in [3.8, 4) is 22.4 Å². The smallest absolute Gasteiger partial charge is 0.306 e. The van der Waals surface area contributed by atoms with Gasteiger partial charge in [0.15, 0.2) is 5.65 Å². The maximum Gasteiger partial charge on any atom is 0.306 e. The number of ether oxygens (including phenoxy) is 1. The average Bonchev–Trinajstić information content (AvgIpc) is 3.37. The van der Waals surface area contributed by atoms with E-state index in [0.29, 0.717) is 18.5 Å². The van der Waals surface area contributed by atoms with Gasteiger partial charge in [0.25, 0.3) is 0 Å². The number of anilines is 1. The molecule has 9 nitrogen and oxygen atoms in total. The summed E-state index contributed by atoms with van der Waals surface area (Å²) in [5.41, 5.74) is 6.06. The third-order valence-corrected chi connectivity index (χ3v) is 7.33. The van der Waals surface area contributed by atoms with Gasteiger partial charge in [-0.1, -0.05) is 36.4 Å². The molecule has 0 saturated heterocycles. The molecule has 1 aliphatic heterocycles. The molecule has 0 radical (unpaired) electrons. The Labute approximate surface area is 207 Å². The van der Waals surface area contributed by atoms with Crippen LogP contribution in [-0.2, 0) is 9.53 Å². The number of hydrogen-bond acceptors (Lipinski definition) is 7. The van der Waals surface area contributed by atoms with Crippen LogP contribution >= 0.6 is 0 Å². The first-order valence-corrected chi connectivity index (χ1v) is 12.3. The number of aliphatic carboxylic acids is 1. The Morgan fingerprint density at radius 2 is 1.86 bits per heavy atom. The second-order valence-corrected chi connectivity index (χ2v) is 9.40. The zero-order valence-corrected chi connectivity index (χ0v) is 19.7. The Morgan fingerprint density at radius 1 is 1.06 bits per heavy atom. The molecular formula is C27H27N5O4. The topological polar surface area (TPSA) is 122 Å². The Balaban J connectivity index is 1.43. The van der Waals surface area contributed by atoms with Crippen LogP contribution in [0.4, 0.5) is 5.82 Å². The normalized spacial score (nSPS) is 21.6. The van der Waals surface area contributed by atoms with Crippen LogP contribution in [0.3, 0.4) is 0 Å². The lowest BCUT2D eigenvalue weighted by molar-refractivity contribution is -0.142. The number of carboxylic acid groups (broad SMARTS) is 1. The number of pyridine rings is 1. The molecule has 1 aromatic carbocycles. The van der Waals surface area contributed by atoms with Gasteiger partial charge in [-0.05, 0) is 31.7 Å². The largest absolute Gasteiger partial charge is 0.481 e. The second kappa shape index (κ2) is 9.33. The van der Waals surface area contributed by atoms with Crippen LogP contribution in [0, 0.1) is 5.92 Å². The molecule has 1 aliphatic carbocycles. The lowest BCUT2D eigenvalue weighted by atomic mass is 9.79. The minimum Gasteiger partial charge on any atom is -0.481 e. The van der Waals surface area contributed by atoms with E-state index in [1.807, 2.05) is 48.7 Å². The molecule has 3 N–H and O–H groups in total. The van der Waals surface area contributed by atoms with Gasteiger partial charge in [-0.3, -0.25) is 9.78 Å². The highest BCUT2D eigenvalue weighted by Crippen LogP contribution is 2.43. The fourth-order valence-corrected chi connectivity index (χ4v) is 5.41. The number of hydrogen-bond donors (Lipinski definition) is 3. The fraction of sp³-hybridized carbons (Fsp3) is 0.333. The van der Waals surface area contributed by atoms with E-state index in [0.717, 1.165) is 52.3 Å². The summed E-state index contributed by atoms with van der Waals surface area (Å²) in [7, 11) is 0. The molecule has 1 fully saturated rings. The number of nitrogens with one attached hydrogen (secondary N) is 1. The summed E-state index contributed by atoms with van der Waals surface area (Å²) in [5, 5.41) is 27.4. The molecule has 4 heterocycles. The van der Waals surface area contributed by atoms with Crippen molar-refractivity contribution < 1.29 is 19.7 Å². The van der Waals surface area contributed by atoms with Crippen LogP contribution < -0.4 is 5.32 Å². The lowest BCUT2D eigenvalue weighted by Gasteiger charge is -2.32. The van der Waals surface area contributed by atoms with Crippen molar-refractivity contribution >= 4 is 17.4 Å². The monoisotopic (exact) mass is 485 g/mol. The van der Waals surface area contributed by atoms with Crippen molar-refractivity contribution in [2.75, 3.05) is 18.7 Å². The van der Waals surface area contributed by atoms with Gasteiger partial charge in [0.2, 0.25) is 0 Å². The van der Waals surface area contributed by atoms with Crippen molar-refractivity contribution in [1.82, 2.24) is 19.6 Å². The van der Waals surface area contributed by atoms with E-state index in [1.165, 1.54) is 0 Å². The molecule has 4 aromatic rings. The fourth-order valence-electron chi connectivity index (χ4n) is 5.41. The Bertz CT molecular complexity index is 1400. The maximum absolute atomic E-state index is 11.5. The number of fused-ring (bicyclic) bond motifs is 3. The Morgan fingerprint density at radius 3 is 2.56 bits per heavy atom. The van der Waals surface area contributed by atoms with Crippen LogP contribution in [0.1, 0.15) is 49.0 Å². The molecule has 1 atom stereocenters. The van der Waals surface area contributed by atoms with Gasteiger partial charge in [-0.2, -0.15) is 9.61 Å². The number of aliphatic hydroxyl groups excluding tert-OH is 1. The van der Waals surface area contributed by atoms with E-state index in [1.54, 1.807) is 10.7 Å². The first kappa shape index (κ1) is 22.6. The van der Waals surface area contributed by atoms with Crippen molar-refractivity contribution in [2.24, 2.45) is 5.92 Å². The molecule has 2 aliphatic rings. The summed E-state index contributed by atoms with van der Waals surface area (Å²) in [5.74, 6) is -0.204. The zero-order chi connectivity index (χ0) is 24.6. The van der Waals surface area contributed by atoms with Crippen molar-refractivity contribution in [1.29, 1.82) is 0 Å². The van der Waals surface area contributed by atoms with E-state index in [4.69, 9.17) is 9.72 Å². The van der Waals surface area contributed by atoms with Crippen molar-refractivity contribution in [3.05, 3.63) is 66.1 Å². The van der Waals surface area contributed by atoms with E-state index in [-0.39, 0.29) is 25.2 Å². The number of carboxylic acids is 1. The van der Waals surface area contributed by atoms with Gasteiger partial charge in [0.1, 0.15) is 18.7 Å². The summed E-state index contributed by atoms with van der Waals surface area (Å²) >= 11 is 0. The van der Waals surface area contributed by atoms with Gasteiger partial charge in [-0.15, -0.1) is 0 Å². The van der Waals surface area contributed by atoms with E-state index in [2.05, 4.69) is 15.4 Å². The highest BCUT2D eigenvalue weighted by atomic mass is 16.5. The van der Waals surface area contributed by atoms with Gasteiger partial charge >= 0.3 is 5.97 Å². The number of aliphatic hydroxyl groups is 1. The van der Waals surface area contributed by atoms with Gasteiger partial charge in [0.05, 0.1) is 30.1 Å². The Kier molecular flexibility index (Phi) is 5.86. The number of aromatic nitrogens is 4. The molecule has 0 amide bonds. The summed E-state index contributed by atoms with van der Waals surface area (Å²) in [6.07, 6.45) is 5.78. The third kappa shape index (κ3) is 3.90. The molecule has 9 heteroatoms. The second-order valence-electron chi connectivity index (χ2n) is 9.40. The molecular weight excluding hydrogens is 458 g/mol.